The van der Waals surface area contributed by atoms with E-state index in [0.29, 0.717) is 11.0 Å². The predicted octanol–water partition coefficient (Wildman–Crippen LogP) is 0.995. The molecule has 108 valence electrons. The number of rotatable bonds is 4. The van der Waals surface area contributed by atoms with Crippen LogP contribution in [0.4, 0.5) is 0 Å². The summed E-state index contributed by atoms with van der Waals surface area (Å²) in [5.41, 5.74) is 0.595. The molecule has 0 fully saturated rings. The standard InChI is InChI=1S/C13H11N3O4S/c17-13-4-1-10-5-11(2-3-12(10)20-13)21(18,19)16-8-9-6-14-15-7-9/h1-7,16H,8H2,(H,14,15). The Labute approximate surface area is 119 Å². The minimum absolute atomic E-state index is 0.104. The largest absolute Gasteiger partial charge is 0.423 e. The van der Waals surface area contributed by atoms with Crippen LogP contribution in [-0.2, 0) is 16.6 Å². The Hall–Kier alpha value is -2.45. The molecule has 0 aliphatic carbocycles. The SMILES string of the molecule is O=c1ccc2cc(S(=O)(=O)NCc3cn[nH]c3)ccc2o1. The van der Waals surface area contributed by atoms with Crippen LogP contribution in [0, 0.1) is 0 Å². The van der Waals surface area contributed by atoms with Crippen LogP contribution in [0.15, 0.2) is 56.8 Å². The van der Waals surface area contributed by atoms with Crippen LogP contribution in [0.25, 0.3) is 11.0 Å². The highest BCUT2D eigenvalue weighted by Gasteiger charge is 2.14. The summed E-state index contributed by atoms with van der Waals surface area (Å²) in [4.78, 5) is 11.2. The number of fused-ring (bicyclic) bond motifs is 1. The Morgan fingerprint density at radius 1 is 1.24 bits per heavy atom. The van der Waals surface area contributed by atoms with E-state index in [2.05, 4.69) is 14.9 Å². The molecule has 0 saturated heterocycles. The number of aromatic nitrogens is 2. The minimum atomic E-state index is -3.65. The quantitative estimate of drug-likeness (QED) is 0.699. The summed E-state index contributed by atoms with van der Waals surface area (Å²) >= 11 is 0. The number of hydrogen-bond donors (Lipinski definition) is 2. The monoisotopic (exact) mass is 305 g/mol. The van der Waals surface area contributed by atoms with Gasteiger partial charge in [-0.05, 0) is 24.3 Å². The Balaban J connectivity index is 1.91. The van der Waals surface area contributed by atoms with Gasteiger partial charge in [-0.1, -0.05) is 0 Å². The van der Waals surface area contributed by atoms with E-state index in [4.69, 9.17) is 4.42 Å². The normalized spacial score (nSPS) is 11.8. The summed E-state index contributed by atoms with van der Waals surface area (Å²) in [6, 6.07) is 7.08. The van der Waals surface area contributed by atoms with E-state index in [0.717, 1.165) is 5.56 Å². The number of nitrogens with one attached hydrogen (secondary N) is 2. The summed E-state index contributed by atoms with van der Waals surface area (Å²) in [5.74, 6) is 0. The molecule has 21 heavy (non-hydrogen) atoms. The van der Waals surface area contributed by atoms with E-state index in [1.807, 2.05) is 0 Å². The van der Waals surface area contributed by atoms with Crippen molar-refractivity contribution in [1.29, 1.82) is 0 Å². The Morgan fingerprint density at radius 2 is 2.10 bits per heavy atom. The number of sulfonamides is 1. The second-order valence-electron chi connectivity index (χ2n) is 4.39. The van der Waals surface area contributed by atoms with Crippen molar-refractivity contribution in [3.8, 4) is 0 Å². The maximum Gasteiger partial charge on any atom is 0.336 e. The zero-order chi connectivity index (χ0) is 14.9. The summed E-state index contributed by atoms with van der Waals surface area (Å²) in [7, 11) is -3.65. The van der Waals surface area contributed by atoms with Gasteiger partial charge in [0.1, 0.15) is 5.58 Å². The maximum absolute atomic E-state index is 12.2. The van der Waals surface area contributed by atoms with E-state index in [1.54, 1.807) is 6.20 Å². The third-order valence-electron chi connectivity index (χ3n) is 2.92. The molecular weight excluding hydrogens is 294 g/mol. The van der Waals surface area contributed by atoms with E-state index in [-0.39, 0.29) is 11.4 Å². The van der Waals surface area contributed by atoms with Crippen molar-refractivity contribution in [2.75, 3.05) is 0 Å². The highest BCUT2D eigenvalue weighted by Crippen LogP contribution is 2.17. The summed E-state index contributed by atoms with van der Waals surface area (Å²) in [6.07, 6.45) is 3.15. The molecule has 2 aromatic heterocycles. The first-order chi connectivity index (χ1) is 10.0. The summed E-state index contributed by atoms with van der Waals surface area (Å²) in [5, 5.41) is 6.89. The van der Waals surface area contributed by atoms with Crippen molar-refractivity contribution in [2.45, 2.75) is 11.4 Å². The number of aromatic amines is 1. The molecule has 1 aromatic carbocycles. The van der Waals surface area contributed by atoms with Crippen LogP contribution in [0.1, 0.15) is 5.56 Å². The lowest BCUT2D eigenvalue weighted by atomic mass is 10.2. The van der Waals surface area contributed by atoms with Crippen molar-refractivity contribution in [3.63, 3.8) is 0 Å². The van der Waals surface area contributed by atoms with Crippen molar-refractivity contribution < 1.29 is 12.8 Å². The third kappa shape index (κ3) is 2.86. The summed E-state index contributed by atoms with van der Waals surface area (Å²) < 4.78 is 31.8. The van der Waals surface area contributed by atoms with Gasteiger partial charge in [0.25, 0.3) is 0 Å². The highest BCUT2D eigenvalue weighted by molar-refractivity contribution is 7.89. The van der Waals surface area contributed by atoms with Crippen molar-refractivity contribution in [3.05, 3.63) is 58.7 Å². The average Bonchev–Trinajstić information content (AvgIpc) is 2.98. The van der Waals surface area contributed by atoms with Gasteiger partial charge in [-0.3, -0.25) is 5.10 Å². The third-order valence-corrected chi connectivity index (χ3v) is 4.32. The van der Waals surface area contributed by atoms with Gasteiger partial charge in [-0.2, -0.15) is 5.10 Å². The van der Waals surface area contributed by atoms with Gasteiger partial charge >= 0.3 is 5.63 Å². The molecule has 0 amide bonds. The first kappa shape index (κ1) is 13.5. The fraction of sp³-hybridized carbons (Fsp3) is 0.0769. The number of H-pyrrole nitrogens is 1. The molecule has 2 heterocycles. The molecular formula is C13H11N3O4S. The second-order valence-corrected chi connectivity index (χ2v) is 6.15. The van der Waals surface area contributed by atoms with Gasteiger partial charge in [0, 0.05) is 29.8 Å². The van der Waals surface area contributed by atoms with Crippen LogP contribution in [0.5, 0.6) is 0 Å². The Bertz CT molecular complexity index is 929. The lowest BCUT2D eigenvalue weighted by Crippen LogP contribution is -2.23. The molecule has 3 rings (SSSR count). The van der Waals surface area contributed by atoms with Crippen LogP contribution < -0.4 is 10.3 Å². The van der Waals surface area contributed by atoms with Crippen molar-refractivity contribution in [2.24, 2.45) is 0 Å². The van der Waals surface area contributed by atoms with Crippen LogP contribution >= 0.6 is 0 Å². The molecule has 0 spiro atoms. The first-order valence-corrected chi connectivity index (χ1v) is 7.54. The first-order valence-electron chi connectivity index (χ1n) is 6.06. The smallest absolute Gasteiger partial charge is 0.336 e. The molecule has 7 nitrogen and oxygen atoms in total. The van der Waals surface area contributed by atoms with Crippen LogP contribution in [-0.4, -0.2) is 18.6 Å². The highest BCUT2D eigenvalue weighted by atomic mass is 32.2. The summed E-state index contributed by atoms with van der Waals surface area (Å²) in [6.45, 7) is 0.140. The lowest BCUT2D eigenvalue weighted by molar-refractivity contribution is 0.560. The minimum Gasteiger partial charge on any atom is -0.423 e. The molecule has 0 saturated carbocycles. The number of nitrogens with zero attached hydrogens (tertiary/aromatic N) is 1. The van der Waals surface area contributed by atoms with E-state index >= 15 is 0 Å². The molecule has 0 radical (unpaired) electrons. The van der Waals surface area contributed by atoms with Gasteiger partial charge in [-0.25, -0.2) is 17.9 Å². The predicted molar refractivity (Wildman–Crippen MR) is 75.1 cm³/mol. The fourth-order valence-corrected chi connectivity index (χ4v) is 2.91. The number of hydrogen-bond acceptors (Lipinski definition) is 5. The van der Waals surface area contributed by atoms with Gasteiger partial charge in [0.05, 0.1) is 11.1 Å². The van der Waals surface area contributed by atoms with Gasteiger partial charge < -0.3 is 4.42 Å². The Morgan fingerprint density at radius 3 is 2.86 bits per heavy atom. The fourth-order valence-electron chi connectivity index (χ4n) is 1.85. The zero-order valence-corrected chi connectivity index (χ0v) is 11.6. The van der Waals surface area contributed by atoms with Crippen molar-refractivity contribution >= 4 is 21.0 Å². The van der Waals surface area contributed by atoms with Crippen LogP contribution in [0.3, 0.4) is 0 Å². The molecule has 0 atom stereocenters. The Kier molecular flexibility index (Phi) is 3.32. The van der Waals surface area contributed by atoms with E-state index in [1.165, 1.54) is 36.5 Å². The molecule has 0 unspecified atom stereocenters. The van der Waals surface area contributed by atoms with Gasteiger partial charge in [-0.15, -0.1) is 0 Å². The van der Waals surface area contributed by atoms with Crippen LogP contribution in [0.2, 0.25) is 0 Å². The maximum atomic E-state index is 12.2. The molecule has 0 aliphatic heterocycles. The lowest BCUT2D eigenvalue weighted by Gasteiger charge is -2.06. The molecule has 3 aromatic rings. The van der Waals surface area contributed by atoms with Gasteiger partial charge in [0.15, 0.2) is 0 Å². The van der Waals surface area contributed by atoms with E-state index in [9.17, 15) is 13.2 Å². The van der Waals surface area contributed by atoms with E-state index < -0.39 is 15.6 Å². The molecule has 2 N–H and O–H groups in total. The van der Waals surface area contributed by atoms with Crippen molar-refractivity contribution in [1.82, 2.24) is 14.9 Å². The average molecular weight is 305 g/mol. The molecule has 0 aliphatic rings. The molecule has 8 heteroatoms. The zero-order valence-electron chi connectivity index (χ0n) is 10.7. The second kappa shape index (κ2) is 5.15. The topological polar surface area (TPSA) is 105 Å². The number of benzene rings is 1. The van der Waals surface area contributed by atoms with Gasteiger partial charge in [0.2, 0.25) is 10.0 Å². The molecule has 0 bridgehead atoms.